The van der Waals surface area contributed by atoms with Crippen LogP contribution in [0.4, 0.5) is 5.69 Å². The van der Waals surface area contributed by atoms with Gasteiger partial charge in [-0.1, -0.05) is 23.7 Å². The SMILES string of the molecule is CN(C)c1cccc(-c2nc(Cl)c3cc(I)ccc3n2)c1. The molecule has 0 unspecified atom stereocenters. The first-order valence-corrected chi connectivity index (χ1v) is 7.91. The van der Waals surface area contributed by atoms with Gasteiger partial charge in [-0.3, -0.25) is 0 Å². The summed E-state index contributed by atoms with van der Waals surface area (Å²) >= 11 is 8.58. The highest BCUT2D eigenvalue weighted by Gasteiger charge is 2.09. The van der Waals surface area contributed by atoms with Crippen molar-refractivity contribution in [2.45, 2.75) is 0 Å². The molecule has 0 aliphatic heterocycles. The number of nitrogens with zero attached hydrogens (tertiary/aromatic N) is 3. The van der Waals surface area contributed by atoms with E-state index in [4.69, 9.17) is 11.6 Å². The fraction of sp³-hybridized carbons (Fsp3) is 0.125. The van der Waals surface area contributed by atoms with Crippen LogP contribution in [0.5, 0.6) is 0 Å². The molecule has 0 bridgehead atoms. The van der Waals surface area contributed by atoms with Gasteiger partial charge >= 0.3 is 0 Å². The van der Waals surface area contributed by atoms with E-state index in [1.807, 2.05) is 44.4 Å². The summed E-state index contributed by atoms with van der Waals surface area (Å²) in [6, 6.07) is 14.1. The van der Waals surface area contributed by atoms with Crippen LogP contribution in [0, 0.1) is 3.57 Å². The Kier molecular flexibility index (Phi) is 3.99. The monoisotopic (exact) mass is 409 g/mol. The lowest BCUT2D eigenvalue weighted by Gasteiger charge is -2.13. The van der Waals surface area contributed by atoms with Crippen LogP contribution in [0.25, 0.3) is 22.3 Å². The van der Waals surface area contributed by atoms with Gasteiger partial charge in [0.15, 0.2) is 5.82 Å². The number of benzene rings is 2. The largest absolute Gasteiger partial charge is 0.378 e. The fourth-order valence-corrected chi connectivity index (χ4v) is 2.84. The Labute approximate surface area is 142 Å². The van der Waals surface area contributed by atoms with Gasteiger partial charge < -0.3 is 4.90 Å². The van der Waals surface area contributed by atoms with E-state index in [0.29, 0.717) is 11.0 Å². The molecular weight excluding hydrogens is 397 g/mol. The topological polar surface area (TPSA) is 29.0 Å². The first-order valence-electron chi connectivity index (χ1n) is 6.45. The van der Waals surface area contributed by atoms with Crippen LogP contribution < -0.4 is 4.90 Å². The number of fused-ring (bicyclic) bond motifs is 1. The molecule has 1 aromatic heterocycles. The molecule has 3 aromatic rings. The van der Waals surface area contributed by atoms with E-state index < -0.39 is 0 Å². The number of anilines is 1. The van der Waals surface area contributed by atoms with Crippen LogP contribution >= 0.6 is 34.2 Å². The van der Waals surface area contributed by atoms with E-state index in [1.165, 1.54) is 0 Å². The van der Waals surface area contributed by atoms with Crippen molar-refractivity contribution in [2.24, 2.45) is 0 Å². The number of aromatic nitrogens is 2. The molecular formula is C16H13ClIN3. The molecule has 0 spiro atoms. The van der Waals surface area contributed by atoms with Crippen molar-refractivity contribution in [3.63, 3.8) is 0 Å². The minimum atomic E-state index is 0.490. The Bertz CT molecular complexity index is 818. The molecule has 0 amide bonds. The highest BCUT2D eigenvalue weighted by molar-refractivity contribution is 14.1. The Balaban J connectivity index is 2.17. The average molecular weight is 410 g/mol. The number of rotatable bonds is 2. The molecule has 0 aliphatic rings. The maximum Gasteiger partial charge on any atom is 0.161 e. The third kappa shape index (κ3) is 2.96. The molecule has 0 saturated heterocycles. The van der Waals surface area contributed by atoms with Gasteiger partial charge in [0, 0.05) is 34.3 Å². The molecule has 2 aromatic carbocycles. The van der Waals surface area contributed by atoms with E-state index in [0.717, 1.165) is 25.7 Å². The second-order valence-electron chi connectivity index (χ2n) is 4.94. The molecule has 21 heavy (non-hydrogen) atoms. The molecule has 0 aliphatic carbocycles. The maximum absolute atomic E-state index is 6.32. The predicted octanol–water partition coefficient (Wildman–Crippen LogP) is 4.62. The van der Waals surface area contributed by atoms with Gasteiger partial charge in [-0.2, -0.15) is 0 Å². The van der Waals surface area contributed by atoms with E-state index in [2.05, 4.69) is 49.6 Å². The van der Waals surface area contributed by atoms with Crippen LogP contribution in [0.3, 0.4) is 0 Å². The molecule has 3 rings (SSSR count). The van der Waals surface area contributed by atoms with E-state index in [1.54, 1.807) is 0 Å². The summed E-state index contributed by atoms with van der Waals surface area (Å²) in [7, 11) is 4.02. The molecule has 5 heteroatoms. The lowest BCUT2D eigenvalue weighted by Crippen LogP contribution is -2.08. The maximum atomic E-state index is 6.32. The van der Waals surface area contributed by atoms with Crippen LogP contribution in [0.2, 0.25) is 5.15 Å². The average Bonchev–Trinajstić information content (AvgIpc) is 2.48. The molecule has 0 saturated carbocycles. The normalized spacial score (nSPS) is 10.9. The summed E-state index contributed by atoms with van der Waals surface area (Å²) in [5.74, 6) is 0.650. The van der Waals surface area contributed by atoms with Gasteiger partial charge in [0.1, 0.15) is 5.15 Å². The van der Waals surface area contributed by atoms with Gasteiger partial charge in [-0.25, -0.2) is 9.97 Å². The van der Waals surface area contributed by atoms with Gasteiger partial charge in [0.05, 0.1) is 5.52 Å². The highest BCUT2D eigenvalue weighted by Crippen LogP contribution is 2.27. The second-order valence-corrected chi connectivity index (χ2v) is 6.55. The Hall–Kier alpha value is -1.40. The summed E-state index contributed by atoms with van der Waals surface area (Å²) < 4.78 is 1.12. The Morgan fingerprint density at radius 2 is 1.86 bits per heavy atom. The van der Waals surface area contributed by atoms with Crippen LogP contribution in [-0.4, -0.2) is 24.1 Å². The quantitative estimate of drug-likeness (QED) is 0.457. The van der Waals surface area contributed by atoms with Crippen molar-refractivity contribution in [3.05, 3.63) is 51.2 Å². The lowest BCUT2D eigenvalue weighted by molar-refractivity contribution is 1.13. The molecule has 3 nitrogen and oxygen atoms in total. The molecule has 0 fully saturated rings. The van der Waals surface area contributed by atoms with Crippen molar-refractivity contribution in [2.75, 3.05) is 19.0 Å². The third-order valence-corrected chi connectivity index (χ3v) is 4.19. The fourth-order valence-electron chi connectivity index (χ4n) is 2.12. The number of hydrogen-bond acceptors (Lipinski definition) is 3. The van der Waals surface area contributed by atoms with Crippen LogP contribution in [0.15, 0.2) is 42.5 Å². The summed E-state index contributed by atoms with van der Waals surface area (Å²) in [6.45, 7) is 0. The Morgan fingerprint density at radius 3 is 2.62 bits per heavy atom. The zero-order chi connectivity index (χ0) is 15.0. The zero-order valence-corrected chi connectivity index (χ0v) is 14.6. The van der Waals surface area contributed by atoms with E-state index in [-0.39, 0.29) is 0 Å². The van der Waals surface area contributed by atoms with Gasteiger partial charge in [-0.05, 0) is 52.9 Å². The van der Waals surface area contributed by atoms with E-state index in [9.17, 15) is 0 Å². The standard InChI is InChI=1S/C16H13ClIN3/c1-21(2)12-5-3-4-10(8-12)16-19-14-7-6-11(18)9-13(14)15(17)20-16/h3-9H,1-2H3. The van der Waals surface area contributed by atoms with Crippen LogP contribution in [-0.2, 0) is 0 Å². The minimum absolute atomic E-state index is 0.490. The molecule has 0 radical (unpaired) electrons. The number of halogens is 2. The molecule has 0 atom stereocenters. The van der Waals surface area contributed by atoms with E-state index >= 15 is 0 Å². The summed E-state index contributed by atoms with van der Waals surface area (Å²) in [5, 5.41) is 1.37. The highest BCUT2D eigenvalue weighted by atomic mass is 127. The van der Waals surface area contributed by atoms with Crippen molar-refractivity contribution < 1.29 is 0 Å². The van der Waals surface area contributed by atoms with Crippen LogP contribution in [0.1, 0.15) is 0 Å². The lowest BCUT2D eigenvalue weighted by atomic mass is 10.1. The zero-order valence-electron chi connectivity index (χ0n) is 11.6. The minimum Gasteiger partial charge on any atom is -0.378 e. The number of hydrogen-bond donors (Lipinski definition) is 0. The van der Waals surface area contributed by atoms with Crippen molar-refractivity contribution in [1.82, 2.24) is 9.97 Å². The summed E-state index contributed by atoms with van der Waals surface area (Å²) in [5.41, 5.74) is 2.93. The third-order valence-electron chi connectivity index (χ3n) is 3.23. The first-order chi connectivity index (χ1) is 10.0. The van der Waals surface area contributed by atoms with Crippen molar-refractivity contribution >= 4 is 50.8 Å². The molecule has 106 valence electrons. The predicted molar refractivity (Wildman–Crippen MR) is 97.0 cm³/mol. The second kappa shape index (κ2) is 5.77. The van der Waals surface area contributed by atoms with Gasteiger partial charge in [0.2, 0.25) is 0 Å². The molecule has 0 N–H and O–H groups in total. The molecule has 1 heterocycles. The first kappa shape index (κ1) is 14.5. The van der Waals surface area contributed by atoms with Gasteiger partial charge in [0.25, 0.3) is 0 Å². The van der Waals surface area contributed by atoms with Crippen molar-refractivity contribution in [3.8, 4) is 11.4 Å². The Morgan fingerprint density at radius 1 is 1.05 bits per heavy atom. The summed E-state index contributed by atoms with van der Waals surface area (Å²) in [6.07, 6.45) is 0. The van der Waals surface area contributed by atoms with Gasteiger partial charge in [-0.15, -0.1) is 0 Å². The smallest absolute Gasteiger partial charge is 0.161 e. The van der Waals surface area contributed by atoms with Crippen molar-refractivity contribution in [1.29, 1.82) is 0 Å². The summed E-state index contributed by atoms with van der Waals surface area (Å²) in [4.78, 5) is 11.1.